The molecule has 0 atom stereocenters. The maximum absolute atomic E-state index is 5.01. The molecule has 0 fully saturated rings. The second kappa shape index (κ2) is 5.98. The van der Waals surface area contributed by atoms with Crippen LogP contribution in [0.2, 0.25) is 0 Å². The van der Waals surface area contributed by atoms with E-state index in [4.69, 9.17) is 4.52 Å². The van der Waals surface area contributed by atoms with Crippen LogP contribution in [0.5, 0.6) is 0 Å². The molecule has 102 valence electrons. The third kappa shape index (κ3) is 3.54. The number of nitrogens with zero attached hydrogens (tertiary/aromatic N) is 5. The molecule has 0 aliphatic carbocycles. The molecule has 0 aromatic carbocycles. The van der Waals surface area contributed by atoms with Gasteiger partial charge in [0.15, 0.2) is 11.8 Å². The van der Waals surface area contributed by atoms with Gasteiger partial charge in [-0.3, -0.25) is 9.67 Å². The lowest BCUT2D eigenvalue weighted by Gasteiger charge is -2.10. The summed E-state index contributed by atoms with van der Waals surface area (Å²) in [5.74, 6) is 1.81. The standard InChI is InChI=1S/C11H17N7O/c1-8-16-10(19-17-8)7-14-11(12-2)13-6-9-4-5-15-18(9)3/h4-5H,6-7H2,1-3H3,(H2,12,13,14). The number of aryl methyl sites for hydroxylation is 2. The summed E-state index contributed by atoms with van der Waals surface area (Å²) < 4.78 is 6.82. The van der Waals surface area contributed by atoms with E-state index in [2.05, 4.69) is 30.9 Å². The van der Waals surface area contributed by atoms with Gasteiger partial charge in [-0.25, -0.2) is 0 Å². The van der Waals surface area contributed by atoms with Crippen molar-refractivity contribution in [2.75, 3.05) is 7.05 Å². The van der Waals surface area contributed by atoms with Gasteiger partial charge in [0.05, 0.1) is 18.8 Å². The van der Waals surface area contributed by atoms with Crippen LogP contribution in [0.25, 0.3) is 0 Å². The zero-order valence-corrected chi connectivity index (χ0v) is 11.2. The number of aliphatic imine (C=N–C) groups is 1. The fourth-order valence-corrected chi connectivity index (χ4v) is 1.54. The summed E-state index contributed by atoms with van der Waals surface area (Å²) in [5.41, 5.74) is 1.07. The quantitative estimate of drug-likeness (QED) is 0.594. The van der Waals surface area contributed by atoms with Gasteiger partial charge in [-0.15, -0.1) is 0 Å². The summed E-state index contributed by atoms with van der Waals surface area (Å²) in [6.07, 6.45) is 1.76. The van der Waals surface area contributed by atoms with Crippen molar-refractivity contribution >= 4 is 5.96 Å². The van der Waals surface area contributed by atoms with Crippen LogP contribution >= 0.6 is 0 Å². The van der Waals surface area contributed by atoms with Crippen molar-refractivity contribution in [1.29, 1.82) is 0 Å². The highest BCUT2D eigenvalue weighted by Gasteiger charge is 2.05. The molecule has 0 amide bonds. The zero-order valence-electron chi connectivity index (χ0n) is 11.2. The largest absolute Gasteiger partial charge is 0.351 e. The third-order valence-corrected chi connectivity index (χ3v) is 2.56. The van der Waals surface area contributed by atoms with Gasteiger partial charge in [-0.05, 0) is 13.0 Å². The zero-order chi connectivity index (χ0) is 13.7. The average molecular weight is 263 g/mol. The van der Waals surface area contributed by atoms with Crippen molar-refractivity contribution in [3.05, 3.63) is 29.7 Å². The van der Waals surface area contributed by atoms with Crippen molar-refractivity contribution in [2.24, 2.45) is 12.0 Å². The summed E-state index contributed by atoms with van der Waals surface area (Å²) >= 11 is 0. The predicted octanol–water partition coefficient (Wildman–Crippen LogP) is -0.0233. The van der Waals surface area contributed by atoms with Crippen LogP contribution in [0.3, 0.4) is 0 Å². The van der Waals surface area contributed by atoms with E-state index in [1.165, 1.54) is 0 Å². The Morgan fingerprint density at radius 2 is 2.21 bits per heavy atom. The van der Waals surface area contributed by atoms with E-state index >= 15 is 0 Å². The van der Waals surface area contributed by atoms with E-state index in [1.54, 1.807) is 20.2 Å². The fourth-order valence-electron chi connectivity index (χ4n) is 1.54. The number of hydrogen-bond acceptors (Lipinski definition) is 5. The first-order chi connectivity index (χ1) is 9.19. The average Bonchev–Trinajstić information content (AvgIpc) is 2.99. The summed E-state index contributed by atoms with van der Waals surface area (Å²) in [5, 5.41) is 14.1. The molecule has 2 rings (SSSR count). The molecule has 2 aromatic rings. The molecule has 2 aromatic heterocycles. The van der Waals surface area contributed by atoms with Crippen molar-refractivity contribution in [2.45, 2.75) is 20.0 Å². The van der Waals surface area contributed by atoms with Crippen LogP contribution in [0, 0.1) is 6.92 Å². The first-order valence-corrected chi connectivity index (χ1v) is 5.89. The SMILES string of the molecule is CN=C(NCc1nc(C)no1)NCc1ccnn1C. The first-order valence-electron chi connectivity index (χ1n) is 5.89. The highest BCUT2D eigenvalue weighted by Crippen LogP contribution is 1.96. The molecule has 2 N–H and O–H groups in total. The Morgan fingerprint density at radius 1 is 1.42 bits per heavy atom. The van der Waals surface area contributed by atoms with Crippen LogP contribution in [-0.4, -0.2) is 32.9 Å². The molecule has 0 saturated carbocycles. The van der Waals surface area contributed by atoms with Crippen molar-refractivity contribution in [1.82, 2.24) is 30.6 Å². The second-order valence-electron chi connectivity index (χ2n) is 3.96. The van der Waals surface area contributed by atoms with Crippen LogP contribution < -0.4 is 10.6 Å². The summed E-state index contributed by atoms with van der Waals surface area (Å²) in [7, 11) is 3.60. The van der Waals surface area contributed by atoms with E-state index < -0.39 is 0 Å². The summed E-state index contributed by atoms with van der Waals surface area (Å²) in [4.78, 5) is 8.22. The molecule has 8 nitrogen and oxygen atoms in total. The second-order valence-corrected chi connectivity index (χ2v) is 3.96. The lowest BCUT2D eigenvalue weighted by Crippen LogP contribution is -2.36. The molecule has 0 radical (unpaired) electrons. The number of rotatable bonds is 4. The number of guanidine groups is 1. The molecule has 2 heterocycles. The molecule has 0 spiro atoms. The molecule has 0 unspecified atom stereocenters. The fraction of sp³-hybridized carbons (Fsp3) is 0.455. The topological polar surface area (TPSA) is 93.2 Å². The van der Waals surface area contributed by atoms with Gasteiger partial charge in [0.25, 0.3) is 0 Å². The molecular formula is C11H17N7O. The number of aromatic nitrogens is 4. The molecule has 0 aliphatic rings. The van der Waals surface area contributed by atoms with E-state index in [-0.39, 0.29) is 0 Å². The maximum Gasteiger partial charge on any atom is 0.246 e. The molecule has 19 heavy (non-hydrogen) atoms. The van der Waals surface area contributed by atoms with Crippen LogP contribution in [0.15, 0.2) is 21.8 Å². The van der Waals surface area contributed by atoms with Gasteiger partial charge in [0.2, 0.25) is 5.89 Å². The van der Waals surface area contributed by atoms with Gasteiger partial charge in [0.1, 0.15) is 0 Å². The number of nitrogens with one attached hydrogen (secondary N) is 2. The Kier molecular flexibility index (Phi) is 4.11. The molecule has 0 saturated heterocycles. The molecule has 0 bridgehead atoms. The highest BCUT2D eigenvalue weighted by molar-refractivity contribution is 5.79. The maximum atomic E-state index is 5.01. The molecule has 8 heteroatoms. The Morgan fingerprint density at radius 3 is 2.79 bits per heavy atom. The Labute approximate surface area is 110 Å². The van der Waals surface area contributed by atoms with E-state index in [9.17, 15) is 0 Å². The minimum Gasteiger partial charge on any atom is -0.351 e. The van der Waals surface area contributed by atoms with Gasteiger partial charge in [-0.1, -0.05) is 5.16 Å². The van der Waals surface area contributed by atoms with Gasteiger partial charge < -0.3 is 15.2 Å². The first kappa shape index (κ1) is 13.1. The van der Waals surface area contributed by atoms with Gasteiger partial charge in [0, 0.05) is 20.3 Å². The smallest absolute Gasteiger partial charge is 0.246 e. The minimum absolute atomic E-state index is 0.436. The van der Waals surface area contributed by atoms with Crippen molar-refractivity contribution in [3.8, 4) is 0 Å². The van der Waals surface area contributed by atoms with E-state index in [0.29, 0.717) is 30.8 Å². The highest BCUT2D eigenvalue weighted by atomic mass is 16.5. The Balaban J connectivity index is 1.82. The van der Waals surface area contributed by atoms with Crippen molar-refractivity contribution in [3.63, 3.8) is 0 Å². The molecular weight excluding hydrogens is 246 g/mol. The third-order valence-electron chi connectivity index (χ3n) is 2.56. The normalized spacial score (nSPS) is 11.6. The van der Waals surface area contributed by atoms with Crippen LogP contribution in [0.4, 0.5) is 0 Å². The monoisotopic (exact) mass is 263 g/mol. The van der Waals surface area contributed by atoms with Crippen molar-refractivity contribution < 1.29 is 4.52 Å². The van der Waals surface area contributed by atoms with Crippen LogP contribution in [-0.2, 0) is 20.1 Å². The summed E-state index contributed by atoms with van der Waals surface area (Å²) in [6.45, 7) is 2.85. The Hall–Kier alpha value is -2.38. The van der Waals surface area contributed by atoms with Gasteiger partial charge in [-0.2, -0.15) is 10.1 Å². The summed E-state index contributed by atoms with van der Waals surface area (Å²) in [6, 6.07) is 1.95. The van der Waals surface area contributed by atoms with Gasteiger partial charge >= 0.3 is 0 Å². The lowest BCUT2D eigenvalue weighted by atomic mass is 10.4. The lowest BCUT2D eigenvalue weighted by molar-refractivity contribution is 0.371. The predicted molar refractivity (Wildman–Crippen MR) is 69.3 cm³/mol. The van der Waals surface area contributed by atoms with Crippen LogP contribution in [0.1, 0.15) is 17.4 Å². The van der Waals surface area contributed by atoms with E-state index in [0.717, 1.165) is 5.69 Å². The Bertz CT molecular complexity index is 557. The van der Waals surface area contributed by atoms with E-state index in [1.807, 2.05) is 17.8 Å². The number of hydrogen-bond donors (Lipinski definition) is 2. The minimum atomic E-state index is 0.436. The molecule has 0 aliphatic heterocycles.